The number of hydrogen-bond acceptors (Lipinski definition) is 4. The van der Waals surface area contributed by atoms with E-state index in [0.29, 0.717) is 6.61 Å². The van der Waals surface area contributed by atoms with Crippen molar-refractivity contribution in [1.82, 2.24) is 9.97 Å². The zero-order chi connectivity index (χ0) is 14.4. The summed E-state index contributed by atoms with van der Waals surface area (Å²) in [6.45, 7) is 5.67. The normalized spacial score (nSPS) is 10.6. The molecule has 20 heavy (non-hydrogen) atoms. The van der Waals surface area contributed by atoms with Crippen LogP contribution in [-0.4, -0.2) is 23.6 Å². The van der Waals surface area contributed by atoms with Crippen molar-refractivity contribution in [3.8, 4) is 11.4 Å². The predicted octanol–water partition coefficient (Wildman–Crippen LogP) is 3.42. The molecule has 0 radical (unpaired) electrons. The number of rotatable bonds is 6. The molecule has 0 bridgehead atoms. The Morgan fingerprint density at radius 1 is 1.15 bits per heavy atom. The van der Waals surface area contributed by atoms with Gasteiger partial charge in [0.25, 0.3) is 0 Å². The summed E-state index contributed by atoms with van der Waals surface area (Å²) in [4.78, 5) is 9.07. The van der Waals surface area contributed by atoms with Crippen LogP contribution in [0.1, 0.15) is 24.6 Å². The maximum atomic E-state index is 5.11. The Kier molecular flexibility index (Phi) is 5.07. The lowest BCUT2D eigenvalue weighted by Gasteiger charge is -2.08. The molecule has 0 spiro atoms. The van der Waals surface area contributed by atoms with Gasteiger partial charge in [0.05, 0.1) is 6.61 Å². The summed E-state index contributed by atoms with van der Waals surface area (Å²) in [6, 6.07) is 10.1. The lowest BCUT2D eigenvalue weighted by Crippen LogP contribution is -2.04. The molecule has 2 rings (SSSR count). The highest BCUT2D eigenvalue weighted by Crippen LogP contribution is 2.19. The fraction of sp³-hybridized carbons (Fsp3) is 0.375. The second-order valence-corrected chi connectivity index (χ2v) is 4.77. The molecule has 106 valence electrons. The largest absolute Gasteiger partial charge is 0.380 e. The fourth-order valence-corrected chi connectivity index (χ4v) is 1.96. The first-order valence-corrected chi connectivity index (χ1v) is 6.90. The standard InChI is InChI=1S/C16H21N3O/c1-4-9-17-15-10-12(2)18-16(19-15)14-7-5-13(6-8-14)11-20-3/h5-8,10H,4,9,11H2,1-3H3,(H,17,18,19). The molecule has 0 aliphatic rings. The number of hydrogen-bond donors (Lipinski definition) is 1. The summed E-state index contributed by atoms with van der Waals surface area (Å²) in [5.41, 5.74) is 3.14. The van der Waals surface area contributed by atoms with Crippen molar-refractivity contribution in [3.05, 3.63) is 41.6 Å². The average molecular weight is 271 g/mol. The molecule has 0 unspecified atom stereocenters. The number of nitrogens with zero attached hydrogens (tertiary/aromatic N) is 2. The maximum Gasteiger partial charge on any atom is 0.161 e. The number of ether oxygens (including phenoxy) is 1. The summed E-state index contributed by atoms with van der Waals surface area (Å²) >= 11 is 0. The minimum absolute atomic E-state index is 0.623. The summed E-state index contributed by atoms with van der Waals surface area (Å²) < 4.78 is 5.11. The smallest absolute Gasteiger partial charge is 0.161 e. The van der Waals surface area contributed by atoms with Crippen LogP contribution in [0.5, 0.6) is 0 Å². The summed E-state index contributed by atoms with van der Waals surface area (Å²) in [7, 11) is 1.70. The molecule has 4 heteroatoms. The third kappa shape index (κ3) is 3.78. The number of benzene rings is 1. The van der Waals surface area contributed by atoms with Crippen LogP contribution in [0.15, 0.2) is 30.3 Å². The first kappa shape index (κ1) is 14.5. The fourth-order valence-electron chi connectivity index (χ4n) is 1.96. The van der Waals surface area contributed by atoms with E-state index in [1.807, 2.05) is 37.3 Å². The Balaban J connectivity index is 2.24. The molecule has 1 aromatic carbocycles. The first-order valence-electron chi connectivity index (χ1n) is 6.90. The molecule has 0 saturated carbocycles. The van der Waals surface area contributed by atoms with Crippen LogP contribution in [-0.2, 0) is 11.3 Å². The van der Waals surface area contributed by atoms with Crippen LogP contribution in [0.4, 0.5) is 5.82 Å². The number of anilines is 1. The van der Waals surface area contributed by atoms with Crippen LogP contribution in [0.2, 0.25) is 0 Å². The third-order valence-electron chi connectivity index (χ3n) is 2.93. The van der Waals surface area contributed by atoms with Gasteiger partial charge in [0.1, 0.15) is 5.82 Å². The quantitative estimate of drug-likeness (QED) is 0.874. The maximum absolute atomic E-state index is 5.11. The zero-order valence-electron chi connectivity index (χ0n) is 12.3. The van der Waals surface area contributed by atoms with Gasteiger partial charge in [0.2, 0.25) is 0 Å². The topological polar surface area (TPSA) is 47.0 Å². The molecule has 0 saturated heterocycles. The van der Waals surface area contributed by atoms with Crippen LogP contribution < -0.4 is 5.32 Å². The number of nitrogens with one attached hydrogen (secondary N) is 1. The Hall–Kier alpha value is -1.94. The zero-order valence-corrected chi connectivity index (χ0v) is 12.3. The third-order valence-corrected chi connectivity index (χ3v) is 2.93. The number of methoxy groups -OCH3 is 1. The van der Waals surface area contributed by atoms with Gasteiger partial charge in [-0.2, -0.15) is 0 Å². The molecule has 0 aliphatic heterocycles. The number of aromatic nitrogens is 2. The van der Waals surface area contributed by atoms with Crippen molar-refractivity contribution < 1.29 is 4.74 Å². The first-order chi connectivity index (χ1) is 9.72. The van der Waals surface area contributed by atoms with E-state index in [0.717, 1.165) is 41.4 Å². The van der Waals surface area contributed by atoms with E-state index in [2.05, 4.69) is 22.2 Å². The lowest BCUT2D eigenvalue weighted by molar-refractivity contribution is 0.185. The van der Waals surface area contributed by atoms with Crippen molar-refractivity contribution in [2.75, 3.05) is 19.0 Å². The second kappa shape index (κ2) is 7.01. The van der Waals surface area contributed by atoms with Gasteiger partial charge in [-0.3, -0.25) is 0 Å². The molecule has 0 fully saturated rings. The van der Waals surface area contributed by atoms with Crippen LogP contribution in [0, 0.1) is 6.92 Å². The van der Waals surface area contributed by atoms with Gasteiger partial charge in [0, 0.05) is 31.0 Å². The molecule has 4 nitrogen and oxygen atoms in total. The minimum Gasteiger partial charge on any atom is -0.380 e. The predicted molar refractivity (Wildman–Crippen MR) is 81.7 cm³/mol. The molecule has 1 heterocycles. The Bertz CT molecular complexity index is 552. The summed E-state index contributed by atoms with van der Waals surface area (Å²) in [6.07, 6.45) is 1.07. The van der Waals surface area contributed by atoms with Crippen molar-refractivity contribution in [2.24, 2.45) is 0 Å². The Morgan fingerprint density at radius 3 is 2.55 bits per heavy atom. The monoisotopic (exact) mass is 271 g/mol. The second-order valence-electron chi connectivity index (χ2n) is 4.77. The molecule has 1 N–H and O–H groups in total. The van der Waals surface area contributed by atoms with Crippen molar-refractivity contribution >= 4 is 5.82 Å². The van der Waals surface area contributed by atoms with Crippen LogP contribution >= 0.6 is 0 Å². The number of aryl methyl sites for hydroxylation is 1. The molecule has 0 atom stereocenters. The van der Waals surface area contributed by atoms with E-state index in [1.54, 1.807) is 7.11 Å². The van der Waals surface area contributed by atoms with E-state index in [9.17, 15) is 0 Å². The summed E-state index contributed by atoms with van der Waals surface area (Å²) in [5, 5.41) is 3.31. The van der Waals surface area contributed by atoms with Crippen LogP contribution in [0.3, 0.4) is 0 Å². The molecule has 2 aromatic rings. The van der Waals surface area contributed by atoms with E-state index in [1.165, 1.54) is 0 Å². The summed E-state index contributed by atoms with van der Waals surface area (Å²) in [5.74, 6) is 1.64. The van der Waals surface area contributed by atoms with Gasteiger partial charge in [-0.15, -0.1) is 0 Å². The van der Waals surface area contributed by atoms with Gasteiger partial charge >= 0.3 is 0 Å². The highest BCUT2D eigenvalue weighted by Gasteiger charge is 2.05. The molecular formula is C16H21N3O. The molecule has 1 aromatic heterocycles. The van der Waals surface area contributed by atoms with Crippen molar-refractivity contribution in [3.63, 3.8) is 0 Å². The molecular weight excluding hydrogens is 250 g/mol. The van der Waals surface area contributed by atoms with Crippen molar-refractivity contribution in [1.29, 1.82) is 0 Å². The Labute approximate surface area is 120 Å². The van der Waals surface area contributed by atoms with Crippen LogP contribution in [0.25, 0.3) is 11.4 Å². The van der Waals surface area contributed by atoms with E-state index in [-0.39, 0.29) is 0 Å². The van der Waals surface area contributed by atoms with E-state index in [4.69, 9.17) is 4.74 Å². The highest BCUT2D eigenvalue weighted by atomic mass is 16.5. The van der Waals surface area contributed by atoms with E-state index >= 15 is 0 Å². The van der Waals surface area contributed by atoms with Gasteiger partial charge in [-0.05, 0) is 18.9 Å². The molecule has 0 amide bonds. The molecule has 0 aliphatic carbocycles. The average Bonchev–Trinajstić information content (AvgIpc) is 2.46. The highest BCUT2D eigenvalue weighted by molar-refractivity contribution is 5.58. The Morgan fingerprint density at radius 2 is 1.90 bits per heavy atom. The van der Waals surface area contributed by atoms with Crippen molar-refractivity contribution in [2.45, 2.75) is 26.9 Å². The van der Waals surface area contributed by atoms with Gasteiger partial charge in [-0.25, -0.2) is 9.97 Å². The van der Waals surface area contributed by atoms with Gasteiger partial charge in [-0.1, -0.05) is 31.2 Å². The minimum atomic E-state index is 0.623. The SMILES string of the molecule is CCCNc1cc(C)nc(-c2ccc(COC)cc2)n1. The lowest BCUT2D eigenvalue weighted by atomic mass is 10.1. The van der Waals surface area contributed by atoms with Gasteiger partial charge < -0.3 is 10.1 Å². The van der Waals surface area contributed by atoms with Gasteiger partial charge in [0.15, 0.2) is 5.82 Å². The van der Waals surface area contributed by atoms with E-state index < -0.39 is 0 Å².